The number of aliphatic hydroxyl groups is 1. The Morgan fingerprint density at radius 3 is 2.48 bits per heavy atom. The lowest BCUT2D eigenvalue weighted by atomic mass is 10.0. The molecule has 5 heteroatoms. The zero-order valence-electron chi connectivity index (χ0n) is 14.7. The molecule has 25 heavy (non-hydrogen) atoms. The average molecular weight is 342 g/mol. The van der Waals surface area contributed by atoms with Gasteiger partial charge in [-0.05, 0) is 37.1 Å². The van der Waals surface area contributed by atoms with E-state index in [-0.39, 0.29) is 31.0 Å². The highest BCUT2D eigenvalue weighted by Crippen LogP contribution is 2.20. The van der Waals surface area contributed by atoms with E-state index in [4.69, 9.17) is 10.5 Å². The van der Waals surface area contributed by atoms with Crippen LogP contribution in [0, 0.1) is 0 Å². The van der Waals surface area contributed by atoms with Gasteiger partial charge in [-0.2, -0.15) is 0 Å². The third-order valence-corrected chi connectivity index (χ3v) is 3.74. The van der Waals surface area contributed by atoms with Crippen molar-refractivity contribution < 1.29 is 14.6 Å². The van der Waals surface area contributed by atoms with Crippen LogP contribution >= 0.6 is 0 Å². The summed E-state index contributed by atoms with van der Waals surface area (Å²) >= 11 is 0. The first-order valence-electron chi connectivity index (χ1n) is 8.47. The fraction of sp³-hybridized carbons (Fsp3) is 0.350. The number of carbonyl (C=O) groups excluding carboxylic acids is 1. The summed E-state index contributed by atoms with van der Waals surface area (Å²) in [6.07, 6.45) is -0.563. The fourth-order valence-electron chi connectivity index (χ4n) is 2.49. The van der Waals surface area contributed by atoms with Crippen LogP contribution in [0.25, 0.3) is 0 Å². The zero-order valence-corrected chi connectivity index (χ0v) is 14.7. The lowest BCUT2D eigenvalue weighted by Gasteiger charge is -2.16. The van der Waals surface area contributed by atoms with Gasteiger partial charge in [0.1, 0.15) is 5.75 Å². The standard InChI is InChI=1S/C20H26N2O3/c1-14(2)25-17-10-6-9-16(11-17)19(23)13-22-20(24)12-18(21)15-7-4-3-5-8-15/h3-11,14,18-19,23H,12-13,21H2,1-2H3,(H,22,24). The summed E-state index contributed by atoms with van der Waals surface area (Å²) in [5.74, 6) is 0.508. The molecule has 0 spiro atoms. The predicted molar refractivity (Wildman–Crippen MR) is 98.2 cm³/mol. The van der Waals surface area contributed by atoms with E-state index in [0.29, 0.717) is 11.3 Å². The van der Waals surface area contributed by atoms with Gasteiger partial charge in [-0.25, -0.2) is 0 Å². The van der Waals surface area contributed by atoms with Gasteiger partial charge in [0.25, 0.3) is 0 Å². The van der Waals surface area contributed by atoms with Crippen molar-refractivity contribution in [3.8, 4) is 5.75 Å². The lowest BCUT2D eigenvalue weighted by Crippen LogP contribution is -2.31. The maximum atomic E-state index is 12.0. The number of rotatable bonds is 8. The molecule has 2 aromatic rings. The second-order valence-electron chi connectivity index (χ2n) is 6.28. The van der Waals surface area contributed by atoms with Gasteiger partial charge in [-0.1, -0.05) is 42.5 Å². The molecule has 0 fully saturated rings. The van der Waals surface area contributed by atoms with Crippen molar-refractivity contribution >= 4 is 5.91 Å². The summed E-state index contributed by atoms with van der Waals surface area (Å²) in [5.41, 5.74) is 7.65. The van der Waals surface area contributed by atoms with Crippen LogP contribution in [0.1, 0.15) is 43.5 Å². The number of nitrogens with two attached hydrogens (primary N) is 1. The molecular weight excluding hydrogens is 316 g/mol. The van der Waals surface area contributed by atoms with Crippen molar-refractivity contribution in [2.45, 2.75) is 38.5 Å². The number of benzene rings is 2. The molecule has 0 heterocycles. The summed E-state index contributed by atoms with van der Waals surface area (Å²) in [6.45, 7) is 4.02. The number of nitrogens with one attached hydrogen (secondary N) is 1. The Hall–Kier alpha value is -2.37. The molecule has 0 saturated heterocycles. The number of hydrogen-bond donors (Lipinski definition) is 3. The Morgan fingerprint density at radius 1 is 1.12 bits per heavy atom. The van der Waals surface area contributed by atoms with E-state index in [1.165, 1.54) is 0 Å². The number of hydrogen-bond acceptors (Lipinski definition) is 4. The Labute approximate surface area is 148 Å². The topological polar surface area (TPSA) is 84.6 Å². The fourth-order valence-corrected chi connectivity index (χ4v) is 2.49. The van der Waals surface area contributed by atoms with E-state index in [0.717, 1.165) is 5.56 Å². The third kappa shape index (κ3) is 6.21. The van der Waals surface area contributed by atoms with Gasteiger partial charge < -0.3 is 20.9 Å². The molecule has 4 N–H and O–H groups in total. The number of carbonyl (C=O) groups is 1. The van der Waals surface area contributed by atoms with Crippen LogP contribution in [0.4, 0.5) is 0 Å². The van der Waals surface area contributed by atoms with Crippen molar-refractivity contribution in [3.63, 3.8) is 0 Å². The quantitative estimate of drug-likeness (QED) is 0.689. The van der Waals surface area contributed by atoms with E-state index in [1.807, 2.05) is 56.3 Å². The zero-order chi connectivity index (χ0) is 18.2. The Bertz CT molecular complexity index is 674. The number of aliphatic hydroxyl groups excluding tert-OH is 1. The molecule has 0 aliphatic heterocycles. The maximum Gasteiger partial charge on any atom is 0.222 e. The van der Waals surface area contributed by atoms with E-state index >= 15 is 0 Å². The van der Waals surface area contributed by atoms with E-state index < -0.39 is 6.10 Å². The van der Waals surface area contributed by atoms with Gasteiger partial charge in [0.15, 0.2) is 0 Å². The molecule has 0 radical (unpaired) electrons. The van der Waals surface area contributed by atoms with Crippen molar-refractivity contribution in [2.75, 3.05) is 6.54 Å². The molecule has 2 rings (SSSR count). The highest BCUT2D eigenvalue weighted by atomic mass is 16.5. The molecule has 0 aliphatic carbocycles. The number of amides is 1. The smallest absolute Gasteiger partial charge is 0.222 e. The molecule has 0 saturated carbocycles. The Morgan fingerprint density at radius 2 is 1.80 bits per heavy atom. The third-order valence-electron chi connectivity index (χ3n) is 3.74. The first kappa shape index (κ1) is 19.0. The monoisotopic (exact) mass is 342 g/mol. The van der Waals surface area contributed by atoms with Crippen molar-refractivity contribution in [1.29, 1.82) is 0 Å². The van der Waals surface area contributed by atoms with Gasteiger partial charge >= 0.3 is 0 Å². The molecule has 2 unspecified atom stereocenters. The molecule has 1 amide bonds. The SMILES string of the molecule is CC(C)Oc1cccc(C(O)CNC(=O)CC(N)c2ccccc2)c1. The van der Waals surface area contributed by atoms with Crippen LogP contribution < -0.4 is 15.8 Å². The molecule has 134 valence electrons. The minimum atomic E-state index is -0.799. The van der Waals surface area contributed by atoms with Crippen LogP contribution in [-0.4, -0.2) is 23.7 Å². The van der Waals surface area contributed by atoms with Gasteiger partial charge in [0.2, 0.25) is 5.91 Å². The lowest BCUT2D eigenvalue weighted by molar-refractivity contribution is -0.121. The second kappa shape index (κ2) is 9.20. The summed E-state index contributed by atoms with van der Waals surface area (Å²) < 4.78 is 5.62. The van der Waals surface area contributed by atoms with Crippen LogP contribution in [0.15, 0.2) is 54.6 Å². The Balaban J connectivity index is 1.85. The minimum absolute atomic E-state index is 0.0616. The van der Waals surface area contributed by atoms with Gasteiger partial charge in [-0.15, -0.1) is 0 Å². The highest BCUT2D eigenvalue weighted by molar-refractivity contribution is 5.76. The predicted octanol–water partition coefficient (Wildman–Crippen LogP) is 2.71. The largest absolute Gasteiger partial charge is 0.491 e. The summed E-state index contributed by atoms with van der Waals surface area (Å²) in [5, 5.41) is 13.0. The molecule has 0 bridgehead atoms. The molecule has 2 aromatic carbocycles. The molecule has 0 aromatic heterocycles. The maximum absolute atomic E-state index is 12.0. The highest BCUT2D eigenvalue weighted by Gasteiger charge is 2.14. The van der Waals surface area contributed by atoms with Crippen molar-refractivity contribution in [2.24, 2.45) is 5.73 Å². The van der Waals surface area contributed by atoms with Crippen LogP contribution in [0.2, 0.25) is 0 Å². The number of ether oxygens (including phenoxy) is 1. The summed E-state index contributed by atoms with van der Waals surface area (Å²) in [6, 6.07) is 16.4. The first-order valence-corrected chi connectivity index (χ1v) is 8.47. The average Bonchev–Trinajstić information content (AvgIpc) is 2.60. The molecule has 0 aliphatic rings. The van der Waals surface area contributed by atoms with Crippen LogP contribution in [0.5, 0.6) is 5.75 Å². The Kier molecular flexibility index (Phi) is 6.98. The van der Waals surface area contributed by atoms with Crippen LogP contribution in [0.3, 0.4) is 0 Å². The van der Waals surface area contributed by atoms with E-state index in [9.17, 15) is 9.90 Å². The van der Waals surface area contributed by atoms with Gasteiger partial charge in [-0.3, -0.25) is 4.79 Å². The van der Waals surface area contributed by atoms with E-state index in [1.54, 1.807) is 12.1 Å². The normalized spacial score (nSPS) is 13.3. The van der Waals surface area contributed by atoms with E-state index in [2.05, 4.69) is 5.32 Å². The van der Waals surface area contributed by atoms with Crippen molar-refractivity contribution in [1.82, 2.24) is 5.32 Å². The summed E-state index contributed by atoms with van der Waals surface area (Å²) in [7, 11) is 0. The molecule has 2 atom stereocenters. The molecule has 5 nitrogen and oxygen atoms in total. The summed E-state index contributed by atoms with van der Waals surface area (Å²) in [4.78, 5) is 12.0. The second-order valence-corrected chi connectivity index (χ2v) is 6.28. The minimum Gasteiger partial charge on any atom is -0.491 e. The van der Waals surface area contributed by atoms with Gasteiger partial charge in [0.05, 0.1) is 12.2 Å². The van der Waals surface area contributed by atoms with Crippen LogP contribution in [-0.2, 0) is 4.79 Å². The molecular formula is C20H26N2O3. The first-order chi connectivity index (χ1) is 12.0. The van der Waals surface area contributed by atoms with Crippen molar-refractivity contribution in [3.05, 3.63) is 65.7 Å². The van der Waals surface area contributed by atoms with Gasteiger partial charge in [0, 0.05) is 19.0 Å².